The number of rotatable bonds is 10. The predicted octanol–water partition coefficient (Wildman–Crippen LogP) is 4.07. The fourth-order valence-corrected chi connectivity index (χ4v) is 7.58. The second-order valence-corrected chi connectivity index (χ2v) is 14.3. The fourth-order valence-electron chi connectivity index (χ4n) is 7.58. The van der Waals surface area contributed by atoms with E-state index in [4.69, 9.17) is 15.5 Å². The van der Waals surface area contributed by atoms with Crippen LogP contribution in [0.1, 0.15) is 67.6 Å². The molecular formula is C38H46N8O4. The number of carbonyl (C=O) groups is 2. The van der Waals surface area contributed by atoms with E-state index in [9.17, 15) is 14.7 Å². The molecule has 2 atom stereocenters. The fraction of sp³-hybridized carbons (Fsp3) is 0.447. The topological polar surface area (TPSA) is 152 Å². The summed E-state index contributed by atoms with van der Waals surface area (Å²) in [6.45, 7) is 6.93. The minimum Gasteiger partial charge on any atom is -0.395 e. The van der Waals surface area contributed by atoms with Gasteiger partial charge < -0.3 is 30.7 Å². The molecule has 12 heteroatoms. The lowest BCUT2D eigenvalue weighted by Crippen LogP contribution is -2.49. The van der Waals surface area contributed by atoms with Gasteiger partial charge in [-0.2, -0.15) is 5.10 Å². The number of piperidine rings is 1. The zero-order chi connectivity index (χ0) is 35.0. The van der Waals surface area contributed by atoms with Crippen molar-refractivity contribution in [1.29, 1.82) is 0 Å². The van der Waals surface area contributed by atoms with E-state index in [2.05, 4.69) is 26.4 Å². The number of hydrogen-bond acceptors (Lipinski definition) is 9. The molecule has 262 valence electrons. The summed E-state index contributed by atoms with van der Waals surface area (Å²) in [6.07, 6.45) is 9.55. The third-order valence-electron chi connectivity index (χ3n) is 10.5. The van der Waals surface area contributed by atoms with Gasteiger partial charge in [0.15, 0.2) is 0 Å². The first-order valence-corrected chi connectivity index (χ1v) is 17.6. The zero-order valence-electron chi connectivity index (χ0n) is 29.0. The number of hydrogen-bond donors (Lipinski definition) is 3. The van der Waals surface area contributed by atoms with Gasteiger partial charge in [-0.25, -0.2) is 9.97 Å². The number of pyridine rings is 2. The highest BCUT2D eigenvalue weighted by Gasteiger charge is 2.48. The molecule has 1 saturated heterocycles. The number of benzene rings is 1. The van der Waals surface area contributed by atoms with E-state index in [-0.39, 0.29) is 42.4 Å². The summed E-state index contributed by atoms with van der Waals surface area (Å²) in [6, 6.07) is 14.0. The number of anilines is 2. The molecule has 50 heavy (non-hydrogen) atoms. The first-order chi connectivity index (χ1) is 24.1. The monoisotopic (exact) mass is 678 g/mol. The van der Waals surface area contributed by atoms with Crippen molar-refractivity contribution < 1.29 is 19.4 Å². The van der Waals surface area contributed by atoms with Crippen LogP contribution < -0.4 is 16.0 Å². The minimum atomic E-state index is -0.709. The number of ether oxygens (including phenoxy) is 1. The van der Waals surface area contributed by atoms with E-state index in [1.54, 1.807) is 23.1 Å². The molecule has 0 bridgehead atoms. The Morgan fingerprint density at radius 1 is 1.04 bits per heavy atom. The quantitative estimate of drug-likeness (QED) is 0.225. The number of likely N-dealkylation sites (tertiary alicyclic amines) is 1. The van der Waals surface area contributed by atoms with Crippen molar-refractivity contribution in [2.24, 2.45) is 7.05 Å². The number of nitrogens with one attached hydrogen (secondary N) is 1. The summed E-state index contributed by atoms with van der Waals surface area (Å²) in [7, 11) is 1.84. The van der Waals surface area contributed by atoms with E-state index in [0.717, 1.165) is 84.5 Å². The number of carbonyl (C=O) groups excluding carboxylic acids is 2. The molecule has 3 aliphatic rings. The highest BCUT2D eigenvalue weighted by molar-refractivity contribution is 6.07. The van der Waals surface area contributed by atoms with Gasteiger partial charge in [-0.1, -0.05) is 24.3 Å². The van der Waals surface area contributed by atoms with Gasteiger partial charge in [0.2, 0.25) is 5.91 Å². The molecule has 1 aliphatic carbocycles. The van der Waals surface area contributed by atoms with Gasteiger partial charge >= 0.3 is 0 Å². The van der Waals surface area contributed by atoms with E-state index in [0.29, 0.717) is 18.7 Å². The first kappa shape index (κ1) is 33.8. The molecule has 0 spiro atoms. The van der Waals surface area contributed by atoms with E-state index in [1.165, 1.54) is 0 Å². The van der Waals surface area contributed by atoms with Crippen LogP contribution in [0.4, 0.5) is 11.5 Å². The third kappa shape index (κ3) is 6.62. The number of fused-ring (bicyclic) bond motifs is 1. The Labute approximate surface area is 292 Å². The highest BCUT2D eigenvalue weighted by atomic mass is 16.5. The summed E-state index contributed by atoms with van der Waals surface area (Å²) < 4.78 is 8.05. The van der Waals surface area contributed by atoms with E-state index < -0.39 is 5.41 Å². The number of amides is 2. The molecule has 1 aromatic carbocycles. The molecule has 2 aliphatic heterocycles. The summed E-state index contributed by atoms with van der Waals surface area (Å²) in [5.74, 6) is 0.0283. The molecule has 2 amide bonds. The van der Waals surface area contributed by atoms with Crippen LogP contribution in [0.15, 0.2) is 61.1 Å². The van der Waals surface area contributed by atoms with Crippen molar-refractivity contribution in [3.05, 3.63) is 77.9 Å². The SMILES string of the molecule is Cn1cc(-c2cnc(N)c(C(=O)N[C@H]3CCC[C@@H]3OCc3ccc(-c4ccc5c(n4)C(C)(C)C(=O)N5C4CCN(CCO)CC4)cc3)c2)cn1. The van der Waals surface area contributed by atoms with Gasteiger partial charge in [0.05, 0.1) is 59.6 Å². The Hall–Kier alpha value is -4.65. The third-order valence-corrected chi connectivity index (χ3v) is 10.5. The number of aliphatic hydroxyl groups excluding tert-OH is 1. The summed E-state index contributed by atoms with van der Waals surface area (Å²) in [5.41, 5.74) is 11.9. The molecule has 4 aromatic rings. The largest absolute Gasteiger partial charge is 0.395 e. The number of nitrogens with two attached hydrogens (primary N) is 1. The second kappa shape index (κ2) is 13.9. The number of aliphatic hydroxyl groups is 1. The second-order valence-electron chi connectivity index (χ2n) is 14.3. The van der Waals surface area contributed by atoms with Crippen LogP contribution in [0.25, 0.3) is 22.4 Å². The molecule has 4 N–H and O–H groups in total. The zero-order valence-corrected chi connectivity index (χ0v) is 29.0. The Morgan fingerprint density at radius 3 is 2.54 bits per heavy atom. The van der Waals surface area contributed by atoms with Gasteiger partial charge in [0.1, 0.15) is 5.82 Å². The number of nitrogen functional groups attached to an aromatic ring is 1. The average molecular weight is 679 g/mol. The Bertz CT molecular complexity index is 1860. The number of aryl methyl sites for hydroxylation is 1. The summed E-state index contributed by atoms with van der Waals surface area (Å²) in [5, 5.41) is 16.7. The summed E-state index contributed by atoms with van der Waals surface area (Å²) in [4.78, 5) is 40.5. The molecule has 1 saturated carbocycles. The molecule has 12 nitrogen and oxygen atoms in total. The van der Waals surface area contributed by atoms with Crippen LogP contribution in [-0.4, -0.2) is 86.0 Å². The normalized spacial score (nSPS) is 20.7. The van der Waals surface area contributed by atoms with Crippen molar-refractivity contribution in [3.63, 3.8) is 0 Å². The number of β-amino-alcohol motifs (C(OH)–C–C–N with tert-alkyl or cyclic N) is 1. The van der Waals surface area contributed by atoms with E-state index >= 15 is 0 Å². The van der Waals surface area contributed by atoms with Crippen LogP contribution in [0.5, 0.6) is 0 Å². The number of aromatic nitrogens is 4. The molecule has 0 radical (unpaired) electrons. The molecule has 3 aromatic heterocycles. The minimum absolute atomic E-state index is 0.102. The smallest absolute Gasteiger partial charge is 0.255 e. The van der Waals surface area contributed by atoms with Gasteiger partial charge in [-0.3, -0.25) is 14.3 Å². The lowest BCUT2D eigenvalue weighted by atomic mass is 9.90. The standard InChI is InChI=1S/C38H46N8O4/c1-38(2)34-32(46(37(38)49)28-13-15-45(16-14-28)17-18-47)12-11-30(42-34)25-9-7-24(8-10-25)23-50-33-6-4-5-31(33)43-36(48)29-19-26(20-40-35(29)39)27-21-41-44(3)22-27/h7-12,19-22,28,31,33,47H,4-6,13-18,23H2,1-3H3,(H2,39,40)(H,43,48)/t31-,33-/m0/s1. The predicted molar refractivity (Wildman–Crippen MR) is 191 cm³/mol. The van der Waals surface area contributed by atoms with Crippen LogP contribution in [0, 0.1) is 0 Å². The van der Waals surface area contributed by atoms with Crippen LogP contribution >= 0.6 is 0 Å². The molecule has 2 fully saturated rings. The lowest BCUT2D eigenvalue weighted by Gasteiger charge is -2.37. The maximum absolute atomic E-state index is 13.7. The Morgan fingerprint density at radius 2 is 1.82 bits per heavy atom. The van der Waals surface area contributed by atoms with Crippen LogP contribution in [0.3, 0.4) is 0 Å². The van der Waals surface area contributed by atoms with Gasteiger partial charge in [-0.15, -0.1) is 0 Å². The highest BCUT2D eigenvalue weighted by Crippen LogP contribution is 2.44. The van der Waals surface area contributed by atoms with Crippen LogP contribution in [0.2, 0.25) is 0 Å². The molecular weight excluding hydrogens is 632 g/mol. The summed E-state index contributed by atoms with van der Waals surface area (Å²) >= 11 is 0. The van der Waals surface area contributed by atoms with Crippen molar-refractivity contribution in [2.45, 2.75) is 76.2 Å². The molecule has 0 unspecified atom stereocenters. The first-order valence-electron chi connectivity index (χ1n) is 17.6. The Balaban J connectivity index is 0.983. The average Bonchev–Trinajstić information content (AvgIpc) is 3.81. The molecule has 7 rings (SSSR count). The lowest BCUT2D eigenvalue weighted by molar-refractivity contribution is -0.122. The van der Waals surface area contributed by atoms with Crippen LogP contribution in [-0.2, 0) is 28.6 Å². The maximum atomic E-state index is 13.7. The van der Waals surface area contributed by atoms with Gasteiger partial charge in [0.25, 0.3) is 5.91 Å². The van der Waals surface area contributed by atoms with Crippen molar-refractivity contribution >= 4 is 23.3 Å². The van der Waals surface area contributed by atoms with Crippen molar-refractivity contribution in [3.8, 4) is 22.4 Å². The van der Waals surface area contributed by atoms with Crippen molar-refractivity contribution in [2.75, 3.05) is 36.9 Å². The van der Waals surface area contributed by atoms with Gasteiger partial charge in [0, 0.05) is 61.8 Å². The molecule has 5 heterocycles. The number of nitrogens with zero attached hydrogens (tertiary/aromatic N) is 6. The van der Waals surface area contributed by atoms with Gasteiger partial charge in [-0.05, 0) is 69.7 Å². The van der Waals surface area contributed by atoms with Crippen molar-refractivity contribution in [1.82, 2.24) is 30.0 Å². The maximum Gasteiger partial charge on any atom is 0.255 e. The Kier molecular flexibility index (Phi) is 9.42. The van der Waals surface area contributed by atoms with E-state index in [1.807, 2.05) is 62.3 Å².